The molecule has 2 N–H and O–H groups in total. The van der Waals surface area contributed by atoms with Gasteiger partial charge in [-0.25, -0.2) is 0 Å². The van der Waals surface area contributed by atoms with Gasteiger partial charge in [0.2, 0.25) is 0 Å². The Morgan fingerprint density at radius 3 is 2.71 bits per heavy atom. The van der Waals surface area contributed by atoms with Crippen LogP contribution in [0, 0.1) is 0 Å². The molecular formula is C16H16F3N3O2. The van der Waals surface area contributed by atoms with Crippen molar-refractivity contribution in [2.45, 2.75) is 12.6 Å². The third-order valence-corrected chi connectivity index (χ3v) is 2.93. The van der Waals surface area contributed by atoms with E-state index in [1.165, 1.54) is 12.1 Å². The number of nitrogens with two attached hydrogens (primary N) is 1. The molecule has 0 fully saturated rings. The van der Waals surface area contributed by atoms with Gasteiger partial charge in [0.25, 0.3) is 0 Å². The van der Waals surface area contributed by atoms with Crippen molar-refractivity contribution in [2.75, 3.05) is 13.2 Å². The van der Waals surface area contributed by atoms with E-state index in [1.54, 1.807) is 24.5 Å². The highest BCUT2D eigenvalue weighted by molar-refractivity contribution is 5.96. The van der Waals surface area contributed by atoms with Gasteiger partial charge in [-0.3, -0.25) is 4.98 Å². The Balaban J connectivity index is 1.72. The predicted octanol–water partition coefficient (Wildman–Crippen LogP) is 3.21. The van der Waals surface area contributed by atoms with Gasteiger partial charge in [0, 0.05) is 24.4 Å². The lowest BCUT2D eigenvalue weighted by molar-refractivity contribution is -0.137. The molecule has 1 heterocycles. The first kappa shape index (κ1) is 17.6. The van der Waals surface area contributed by atoms with E-state index in [2.05, 4.69) is 10.1 Å². The number of benzene rings is 1. The van der Waals surface area contributed by atoms with Gasteiger partial charge in [0.1, 0.15) is 12.4 Å². The summed E-state index contributed by atoms with van der Waals surface area (Å²) in [5.41, 5.74) is 5.60. The Bertz CT molecular complexity index is 676. The van der Waals surface area contributed by atoms with Gasteiger partial charge in [0.05, 0.1) is 12.2 Å². The molecule has 0 spiro atoms. The summed E-state index contributed by atoms with van der Waals surface area (Å²) in [5.74, 6) is 0.352. The van der Waals surface area contributed by atoms with E-state index in [0.717, 1.165) is 12.1 Å². The number of hydrogen-bond acceptors (Lipinski definition) is 4. The van der Waals surface area contributed by atoms with Crippen molar-refractivity contribution < 1.29 is 22.7 Å². The van der Waals surface area contributed by atoms with E-state index in [4.69, 9.17) is 15.3 Å². The average molecular weight is 339 g/mol. The van der Waals surface area contributed by atoms with E-state index in [-0.39, 0.29) is 24.8 Å². The van der Waals surface area contributed by atoms with E-state index < -0.39 is 11.7 Å². The molecule has 0 amide bonds. The minimum atomic E-state index is -4.39. The van der Waals surface area contributed by atoms with Gasteiger partial charge >= 0.3 is 6.18 Å². The lowest BCUT2D eigenvalue weighted by atomic mass is 10.2. The van der Waals surface area contributed by atoms with E-state index in [1.807, 2.05) is 0 Å². The number of pyridine rings is 1. The number of ether oxygens (including phenoxy) is 1. The molecule has 0 aliphatic carbocycles. The summed E-state index contributed by atoms with van der Waals surface area (Å²) in [4.78, 5) is 8.95. The fourth-order valence-electron chi connectivity index (χ4n) is 1.76. The summed E-state index contributed by atoms with van der Waals surface area (Å²) in [6.45, 7) is 0.420. The second-order valence-corrected chi connectivity index (χ2v) is 4.78. The van der Waals surface area contributed by atoms with Gasteiger partial charge in [-0.2, -0.15) is 13.2 Å². The molecule has 0 saturated carbocycles. The number of rotatable bonds is 7. The van der Waals surface area contributed by atoms with E-state index in [9.17, 15) is 13.2 Å². The Morgan fingerprint density at radius 2 is 2.00 bits per heavy atom. The number of oxime groups is 1. The van der Waals surface area contributed by atoms with E-state index in [0.29, 0.717) is 12.0 Å². The Morgan fingerprint density at radius 1 is 1.17 bits per heavy atom. The molecule has 0 radical (unpaired) electrons. The van der Waals surface area contributed by atoms with Crippen molar-refractivity contribution in [1.29, 1.82) is 0 Å². The molecule has 1 aromatic carbocycles. The number of nitrogens with zero attached hydrogens (tertiary/aromatic N) is 2. The molecule has 24 heavy (non-hydrogen) atoms. The van der Waals surface area contributed by atoms with Crippen LogP contribution in [0.1, 0.15) is 17.5 Å². The van der Waals surface area contributed by atoms with Crippen LogP contribution in [-0.4, -0.2) is 24.0 Å². The molecule has 1 aromatic heterocycles. The van der Waals surface area contributed by atoms with Crippen LogP contribution in [0.5, 0.6) is 5.75 Å². The minimum absolute atomic E-state index is 0.156. The predicted molar refractivity (Wildman–Crippen MR) is 82.5 cm³/mol. The quantitative estimate of drug-likeness (QED) is 0.364. The zero-order valence-electron chi connectivity index (χ0n) is 12.7. The van der Waals surface area contributed by atoms with Gasteiger partial charge in [-0.1, -0.05) is 11.2 Å². The topological polar surface area (TPSA) is 69.7 Å². The SMILES string of the molecule is N/C(=N\OCCCOc1cccc(C(F)(F)F)c1)c1cccnc1. The lowest BCUT2D eigenvalue weighted by Crippen LogP contribution is -2.14. The molecule has 0 atom stereocenters. The van der Waals surface area contributed by atoms with Crippen molar-refractivity contribution in [1.82, 2.24) is 4.98 Å². The standard InChI is InChI=1S/C16H16F3N3O2/c17-16(18,19)13-5-1-6-14(10-13)23-8-3-9-24-22-15(20)12-4-2-7-21-11-12/h1-2,4-7,10-11H,3,8-9H2,(H2,20,22). The molecule has 2 aromatic rings. The summed E-state index contributed by atoms with van der Waals surface area (Å²) < 4.78 is 43.0. The van der Waals surface area contributed by atoms with Gasteiger partial charge in [-0.05, 0) is 30.3 Å². The molecule has 2 rings (SSSR count). The highest BCUT2D eigenvalue weighted by Gasteiger charge is 2.30. The van der Waals surface area contributed by atoms with Crippen LogP contribution in [0.25, 0.3) is 0 Å². The highest BCUT2D eigenvalue weighted by atomic mass is 19.4. The Labute approximate surface area is 136 Å². The van der Waals surface area contributed by atoms with Crippen LogP contribution < -0.4 is 10.5 Å². The van der Waals surface area contributed by atoms with Crippen LogP contribution >= 0.6 is 0 Å². The van der Waals surface area contributed by atoms with E-state index >= 15 is 0 Å². The maximum Gasteiger partial charge on any atom is 0.416 e. The molecule has 0 aliphatic rings. The fraction of sp³-hybridized carbons (Fsp3) is 0.250. The van der Waals surface area contributed by atoms with Crippen LogP contribution in [0.3, 0.4) is 0 Å². The van der Waals surface area contributed by atoms with Gasteiger partial charge < -0.3 is 15.3 Å². The first-order valence-corrected chi connectivity index (χ1v) is 7.13. The first-order chi connectivity index (χ1) is 11.5. The summed E-state index contributed by atoms with van der Waals surface area (Å²) in [6, 6.07) is 8.18. The molecule has 0 unspecified atom stereocenters. The normalized spacial score (nSPS) is 12.0. The van der Waals surface area contributed by atoms with Crippen LogP contribution in [0.2, 0.25) is 0 Å². The average Bonchev–Trinajstić information content (AvgIpc) is 2.58. The van der Waals surface area contributed by atoms with Crippen LogP contribution in [0.4, 0.5) is 13.2 Å². The van der Waals surface area contributed by atoms with Crippen molar-refractivity contribution >= 4 is 5.84 Å². The number of aromatic nitrogens is 1. The smallest absolute Gasteiger partial charge is 0.416 e. The third kappa shape index (κ3) is 5.45. The maximum atomic E-state index is 12.6. The molecule has 0 saturated heterocycles. The number of halogens is 3. The van der Waals surface area contributed by atoms with Gasteiger partial charge in [0.15, 0.2) is 5.84 Å². The highest BCUT2D eigenvalue weighted by Crippen LogP contribution is 2.31. The Kier molecular flexibility index (Phi) is 6.00. The van der Waals surface area contributed by atoms with Crippen LogP contribution in [0.15, 0.2) is 53.9 Å². The summed E-state index contributed by atoms with van der Waals surface area (Å²) >= 11 is 0. The monoisotopic (exact) mass is 339 g/mol. The number of hydrogen-bond donors (Lipinski definition) is 1. The molecule has 128 valence electrons. The molecule has 8 heteroatoms. The number of amidine groups is 1. The molecule has 5 nitrogen and oxygen atoms in total. The lowest BCUT2D eigenvalue weighted by Gasteiger charge is -2.10. The molecule has 0 aliphatic heterocycles. The van der Waals surface area contributed by atoms with Crippen LogP contribution in [-0.2, 0) is 11.0 Å². The van der Waals surface area contributed by atoms with Crippen molar-refractivity contribution in [3.8, 4) is 5.75 Å². The molecule has 0 bridgehead atoms. The second kappa shape index (κ2) is 8.19. The maximum absolute atomic E-state index is 12.6. The third-order valence-electron chi connectivity index (χ3n) is 2.93. The first-order valence-electron chi connectivity index (χ1n) is 7.13. The van der Waals surface area contributed by atoms with Gasteiger partial charge in [-0.15, -0.1) is 0 Å². The summed E-state index contributed by atoms with van der Waals surface area (Å²) in [7, 11) is 0. The zero-order chi connectivity index (χ0) is 17.4. The van der Waals surface area contributed by atoms with Crippen molar-refractivity contribution in [3.05, 3.63) is 59.9 Å². The second-order valence-electron chi connectivity index (χ2n) is 4.78. The number of alkyl halides is 3. The summed E-state index contributed by atoms with van der Waals surface area (Å²) in [6.07, 6.45) is -0.775. The fourth-order valence-corrected chi connectivity index (χ4v) is 1.76. The Hall–Kier alpha value is -2.77. The zero-order valence-corrected chi connectivity index (χ0v) is 12.7. The largest absolute Gasteiger partial charge is 0.493 e. The van der Waals surface area contributed by atoms with Crippen molar-refractivity contribution in [3.63, 3.8) is 0 Å². The molecular weight excluding hydrogens is 323 g/mol. The van der Waals surface area contributed by atoms with Crippen molar-refractivity contribution in [2.24, 2.45) is 10.9 Å². The summed E-state index contributed by atoms with van der Waals surface area (Å²) in [5, 5.41) is 3.74. The minimum Gasteiger partial charge on any atom is -0.493 e.